The molecule has 7 nitrogen and oxygen atoms in total. The van der Waals surface area contributed by atoms with Crippen LogP contribution in [0.1, 0.15) is 16.7 Å². The molecule has 2 rings (SSSR count). The Morgan fingerprint density at radius 3 is 2.62 bits per heavy atom. The number of nitrogens with one attached hydrogen (secondary N) is 1. The van der Waals surface area contributed by atoms with Crippen molar-refractivity contribution in [1.82, 2.24) is 4.57 Å². The van der Waals surface area contributed by atoms with Crippen LogP contribution in [0.25, 0.3) is 0 Å². The Labute approximate surface area is 146 Å². The number of rotatable bonds is 2. The summed E-state index contributed by atoms with van der Waals surface area (Å²) in [7, 11) is 1.33. The molecule has 1 heterocycles. The van der Waals surface area contributed by atoms with Crippen molar-refractivity contribution in [3.63, 3.8) is 0 Å². The first-order chi connectivity index (χ1) is 11.3. The molecule has 0 saturated heterocycles. The van der Waals surface area contributed by atoms with Crippen molar-refractivity contribution < 1.29 is 9.90 Å². The number of halogens is 1. The summed E-state index contributed by atoms with van der Waals surface area (Å²) < 4.78 is 1.80. The zero-order valence-electron chi connectivity index (χ0n) is 12.9. The van der Waals surface area contributed by atoms with Crippen molar-refractivity contribution in [2.24, 2.45) is 12.0 Å². The minimum absolute atomic E-state index is 0.106. The Morgan fingerprint density at radius 1 is 1.42 bits per heavy atom. The predicted molar refractivity (Wildman–Crippen MR) is 93.6 cm³/mol. The molecule has 2 aromatic rings. The summed E-state index contributed by atoms with van der Waals surface area (Å²) in [6, 6.07) is 8.06. The summed E-state index contributed by atoms with van der Waals surface area (Å²) in [5.74, 6) is -0.364. The number of hydrogen-bond donors (Lipinski definition) is 2. The molecule has 0 fully saturated rings. The minimum Gasteiger partial charge on any atom is -0.494 e. The van der Waals surface area contributed by atoms with E-state index >= 15 is 0 Å². The maximum absolute atomic E-state index is 11.9. The normalized spacial score (nSPS) is 10.6. The number of aromatic hydroxyl groups is 1. The van der Waals surface area contributed by atoms with Crippen molar-refractivity contribution >= 4 is 33.9 Å². The molecular weight excluding hydrogens is 376 g/mol. The van der Waals surface area contributed by atoms with Crippen molar-refractivity contribution in [2.75, 3.05) is 5.32 Å². The lowest BCUT2D eigenvalue weighted by Gasteiger charge is -2.09. The molecule has 0 unspecified atom stereocenters. The lowest BCUT2D eigenvalue weighted by Crippen LogP contribution is -2.22. The SMILES string of the molecule is Cc1c(/C=N\C(=O)Nc2ccc(Br)cc2)c(O)n(C)c(=O)c1C#N. The summed E-state index contributed by atoms with van der Waals surface area (Å²) in [5.41, 5.74) is 0.242. The summed E-state index contributed by atoms with van der Waals surface area (Å²) in [6.45, 7) is 1.51. The monoisotopic (exact) mass is 388 g/mol. The molecule has 1 aromatic heterocycles. The van der Waals surface area contributed by atoms with Crippen LogP contribution in [0.2, 0.25) is 0 Å². The second-order valence-corrected chi connectivity index (χ2v) is 5.82. The maximum Gasteiger partial charge on any atom is 0.345 e. The van der Waals surface area contributed by atoms with Crippen LogP contribution in [0.15, 0.2) is 38.5 Å². The molecule has 0 atom stereocenters. The van der Waals surface area contributed by atoms with Gasteiger partial charge in [0.25, 0.3) is 5.56 Å². The number of aliphatic imine (C=N–C) groups is 1. The average Bonchev–Trinajstić information content (AvgIpc) is 2.55. The van der Waals surface area contributed by atoms with Gasteiger partial charge in [-0.3, -0.25) is 9.36 Å². The quantitative estimate of drug-likeness (QED) is 0.770. The second-order valence-electron chi connectivity index (χ2n) is 4.91. The van der Waals surface area contributed by atoms with Crippen LogP contribution in [0, 0.1) is 18.3 Å². The number of pyridine rings is 1. The number of benzene rings is 1. The molecule has 122 valence electrons. The van der Waals surface area contributed by atoms with Gasteiger partial charge in [0.05, 0.1) is 5.56 Å². The first-order valence-corrected chi connectivity index (χ1v) is 7.57. The molecule has 8 heteroatoms. The van der Waals surface area contributed by atoms with Crippen LogP contribution in [-0.2, 0) is 7.05 Å². The highest BCUT2D eigenvalue weighted by molar-refractivity contribution is 9.10. The third-order valence-corrected chi connectivity index (χ3v) is 3.90. The van der Waals surface area contributed by atoms with Crippen molar-refractivity contribution in [2.45, 2.75) is 6.92 Å². The van der Waals surface area contributed by atoms with E-state index < -0.39 is 11.6 Å². The maximum atomic E-state index is 11.9. The summed E-state index contributed by atoms with van der Waals surface area (Å²) in [4.78, 5) is 27.4. The van der Waals surface area contributed by atoms with E-state index in [1.54, 1.807) is 30.3 Å². The number of amides is 2. The number of anilines is 1. The van der Waals surface area contributed by atoms with E-state index in [1.807, 2.05) is 0 Å². The Morgan fingerprint density at radius 2 is 2.04 bits per heavy atom. The molecule has 0 saturated carbocycles. The largest absolute Gasteiger partial charge is 0.494 e. The van der Waals surface area contributed by atoms with Gasteiger partial charge in [-0.25, -0.2) is 9.79 Å². The van der Waals surface area contributed by atoms with Crippen LogP contribution in [0.3, 0.4) is 0 Å². The molecule has 0 aliphatic heterocycles. The molecule has 0 radical (unpaired) electrons. The fourth-order valence-corrected chi connectivity index (χ4v) is 2.27. The van der Waals surface area contributed by atoms with Gasteiger partial charge in [0.15, 0.2) is 0 Å². The zero-order chi connectivity index (χ0) is 17.9. The van der Waals surface area contributed by atoms with Crippen LogP contribution in [-0.4, -0.2) is 21.9 Å². The third-order valence-electron chi connectivity index (χ3n) is 3.37. The van der Waals surface area contributed by atoms with E-state index in [0.29, 0.717) is 5.69 Å². The predicted octanol–water partition coefficient (Wildman–Crippen LogP) is 2.68. The fraction of sp³-hybridized carbons (Fsp3) is 0.125. The van der Waals surface area contributed by atoms with Crippen LogP contribution >= 0.6 is 15.9 Å². The molecule has 0 aliphatic rings. The number of nitriles is 1. The van der Waals surface area contributed by atoms with E-state index in [4.69, 9.17) is 5.26 Å². The highest BCUT2D eigenvalue weighted by atomic mass is 79.9. The molecule has 0 bridgehead atoms. The van der Waals surface area contributed by atoms with Crippen molar-refractivity contribution in [1.29, 1.82) is 5.26 Å². The standard InChI is InChI=1S/C16H13BrN4O3/c1-9-12(7-18)14(22)21(2)15(23)13(9)8-19-16(24)20-11-5-3-10(17)4-6-11/h3-6,8,23H,1-2H3,(H,20,24)/b19-8-. The number of hydrogen-bond acceptors (Lipinski definition) is 4. The van der Waals surface area contributed by atoms with Gasteiger partial charge in [0.2, 0.25) is 5.88 Å². The third kappa shape index (κ3) is 3.52. The topological polar surface area (TPSA) is 107 Å². The molecule has 2 N–H and O–H groups in total. The highest BCUT2D eigenvalue weighted by Gasteiger charge is 2.15. The number of nitrogens with zero attached hydrogens (tertiary/aromatic N) is 3. The molecule has 2 amide bonds. The van der Waals surface area contributed by atoms with Crippen LogP contribution in [0.4, 0.5) is 10.5 Å². The van der Waals surface area contributed by atoms with Gasteiger partial charge < -0.3 is 10.4 Å². The lowest BCUT2D eigenvalue weighted by molar-refractivity contribution is 0.259. The van der Waals surface area contributed by atoms with Gasteiger partial charge in [-0.15, -0.1) is 0 Å². The van der Waals surface area contributed by atoms with Gasteiger partial charge >= 0.3 is 6.03 Å². The minimum atomic E-state index is -0.650. The van der Waals surface area contributed by atoms with E-state index in [0.717, 1.165) is 15.3 Å². The average molecular weight is 389 g/mol. The van der Waals surface area contributed by atoms with E-state index in [2.05, 4.69) is 26.2 Å². The number of aromatic nitrogens is 1. The Balaban J connectivity index is 2.30. The summed E-state index contributed by atoms with van der Waals surface area (Å²) >= 11 is 3.29. The fourth-order valence-electron chi connectivity index (χ4n) is 2.01. The molecule has 1 aromatic carbocycles. The zero-order valence-corrected chi connectivity index (χ0v) is 14.5. The van der Waals surface area contributed by atoms with Crippen molar-refractivity contribution in [3.8, 4) is 11.9 Å². The molecule has 0 spiro atoms. The number of carbonyl (C=O) groups is 1. The lowest BCUT2D eigenvalue weighted by atomic mass is 10.1. The van der Waals surface area contributed by atoms with E-state index in [1.165, 1.54) is 14.0 Å². The van der Waals surface area contributed by atoms with Crippen LogP contribution in [0.5, 0.6) is 5.88 Å². The Kier molecular flexibility index (Phi) is 5.16. The van der Waals surface area contributed by atoms with Gasteiger partial charge in [-0.2, -0.15) is 5.26 Å². The Bertz CT molecular complexity index is 924. The van der Waals surface area contributed by atoms with E-state index in [-0.39, 0.29) is 22.6 Å². The number of urea groups is 1. The van der Waals surface area contributed by atoms with Gasteiger partial charge in [-0.05, 0) is 36.8 Å². The van der Waals surface area contributed by atoms with Gasteiger partial charge in [0, 0.05) is 23.4 Å². The molecule has 0 aliphatic carbocycles. The van der Waals surface area contributed by atoms with Crippen molar-refractivity contribution in [3.05, 3.63) is 55.8 Å². The van der Waals surface area contributed by atoms with E-state index in [9.17, 15) is 14.7 Å². The van der Waals surface area contributed by atoms with Gasteiger partial charge in [0.1, 0.15) is 11.6 Å². The Hall–Kier alpha value is -2.92. The first kappa shape index (κ1) is 17.4. The second kappa shape index (κ2) is 7.10. The van der Waals surface area contributed by atoms with Gasteiger partial charge in [-0.1, -0.05) is 15.9 Å². The summed E-state index contributed by atoms with van der Waals surface area (Å²) in [6.07, 6.45) is 1.12. The first-order valence-electron chi connectivity index (χ1n) is 6.78. The van der Waals surface area contributed by atoms with Crippen LogP contribution < -0.4 is 10.9 Å². The molecular formula is C16H13BrN4O3. The number of carbonyl (C=O) groups excluding carboxylic acids is 1. The molecule has 24 heavy (non-hydrogen) atoms. The highest BCUT2D eigenvalue weighted by Crippen LogP contribution is 2.19. The smallest absolute Gasteiger partial charge is 0.345 e. The summed E-state index contributed by atoms with van der Waals surface area (Å²) in [5, 5.41) is 21.7.